The summed E-state index contributed by atoms with van der Waals surface area (Å²) in [6.45, 7) is 17.0. The summed E-state index contributed by atoms with van der Waals surface area (Å²) in [4.78, 5) is 2.06. The Bertz CT molecular complexity index is 358. The van der Waals surface area contributed by atoms with Gasteiger partial charge in [0.1, 0.15) is 0 Å². The number of hydrogen-bond acceptors (Lipinski definition) is 2. The van der Waals surface area contributed by atoms with Crippen molar-refractivity contribution in [1.82, 2.24) is 4.90 Å². The summed E-state index contributed by atoms with van der Waals surface area (Å²) in [5.74, 6) is 0. The Hall–Kier alpha value is -1.18. The summed E-state index contributed by atoms with van der Waals surface area (Å²) < 4.78 is 0. The molecule has 104 valence electrons. The van der Waals surface area contributed by atoms with E-state index in [1.807, 2.05) is 20.2 Å². The predicted octanol–water partition coefficient (Wildman–Crippen LogP) is 3.92. The highest BCUT2D eigenvalue weighted by Crippen LogP contribution is 2.27. The van der Waals surface area contributed by atoms with Crippen LogP contribution in [0.5, 0.6) is 0 Å². The summed E-state index contributed by atoms with van der Waals surface area (Å²) in [5, 5.41) is 0. The van der Waals surface area contributed by atoms with Crippen LogP contribution < -0.4 is 5.73 Å². The van der Waals surface area contributed by atoms with Crippen LogP contribution in [-0.4, -0.2) is 19.0 Å². The van der Waals surface area contributed by atoms with E-state index in [0.717, 1.165) is 17.0 Å². The van der Waals surface area contributed by atoms with E-state index >= 15 is 0 Å². The molecule has 18 heavy (non-hydrogen) atoms. The quantitative estimate of drug-likeness (QED) is 0.769. The molecule has 2 nitrogen and oxygen atoms in total. The first kappa shape index (κ1) is 16.8. The average Bonchev–Trinajstić information content (AvgIpc) is 2.12. The van der Waals surface area contributed by atoms with Crippen LogP contribution in [0.1, 0.15) is 41.5 Å². The smallest absolute Gasteiger partial charge is 0.0381 e. The Kier molecular flexibility index (Phi) is 5.27. The number of nitrogens with zero attached hydrogens (tertiary/aromatic N) is 1. The fourth-order valence-electron chi connectivity index (χ4n) is 1.07. The van der Waals surface area contributed by atoms with Crippen molar-refractivity contribution in [3.05, 3.63) is 35.7 Å². The van der Waals surface area contributed by atoms with Gasteiger partial charge in [0.2, 0.25) is 0 Å². The third-order valence-electron chi connectivity index (χ3n) is 2.97. The molecule has 0 fully saturated rings. The Morgan fingerprint density at radius 3 is 1.67 bits per heavy atom. The molecule has 0 spiro atoms. The van der Waals surface area contributed by atoms with E-state index in [4.69, 9.17) is 5.73 Å². The minimum absolute atomic E-state index is 0.0157. The minimum atomic E-state index is -0.0157. The zero-order valence-corrected chi connectivity index (χ0v) is 13.4. The van der Waals surface area contributed by atoms with Gasteiger partial charge >= 0.3 is 0 Å². The van der Waals surface area contributed by atoms with E-state index in [-0.39, 0.29) is 10.8 Å². The highest BCUT2D eigenvalue weighted by molar-refractivity contribution is 5.32. The van der Waals surface area contributed by atoms with E-state index in [1.165, 1.54) is 0 Å². The zero-order valence-electron chi connectivity index (χ0n) is 13.4. The van der Waals surface area contributed by atoms with Crippen molar-refractivity contribution >= 4 is 0 Å². The maximum absolute atomic E-state index is 6.14. The molecule has 0 saturated carbocycles. The molecule has 2 heteroatoms. The second-order valence-corrected chi connectivity index (χ2v) is 7.09. The van der Waals surface area contributed by atoms with Gasteiger partial charge in [-0.05, 0) is 23.1 Å². The lowest BCUT2D eigenvalue weighted by molar-refractivity contribution is 0.482. The Morgan fingerprint density at radius 1 is 0.944 bits per heavy atom. The molecule has 0 rings (SSSR count). The first-order chi connectivity index (χ1) is 7.85. The van der Waals surface area contributed by atoms with Crippen molar-refractivity contribution in [2.75, 3.05) is 14.1 Å². The van der Waals surface area contributed by atoms with Gasteiger partial charge in [0, 0.05) is 30.9 Å². The van der Waals surface area contributed by atoms with Gasteiger partial charge in [-0.2, -0.15) is 0 Å². The third kappa shape index (κ3) is 5.44. The lowest BCUT2D eigenvalue weighted by atomic mass is 9.86. The van der Waals surface area contributed by atoms with E-state index in [9.17, 15) is 0 Å². The van der Waals surface area contributed by atoms with Gasteiger partial charge < -0.3 is 10.6 Å². The summed E-state index contributed by atoms with van der Waals surface area (Å²) in [6.07, 6.45) is 4.15. The lowest BCUT2D eigenvalue weighted by Crippen LogP contribution is -2.20. The van der Waals surface area contributed by atoms with Gasteiger partial charge in [0.05, 0.1) is 0 Å². The summed E-state index contributed by atoms with van der Waals surface area (Å²) in [5.41, 5.74) is 9.26. The van der Waals surface area contributed by atoms with Crippen LogP contribution in [0.2, 0.25) is 0 Å². The lowest BCUT2D eigenvalue weighted by Gasteiger charge is -2.24. The molecule has 0 heterocycles. The van der Waals surface area contributed by atoms with E-state index < -0.39 is 0 Å². The molecule has 0 aromatic carbocycles. The van der Waals surface area contributed by atoms with Gasteiger partial charge in [0.25, 0.3) is 0 Å². The van der Waals surface area contributed by atoms with Gasteiger partial charge in [-0.15, -0.1) is 0 Å². The summed E-state index contributed by atoms with van der Waals surface area (Å²) in [7, 11) is 4.04. The number of nitrogens with two attached hydrogens (primary N) is 1. The topological polar surface area (TPSA) is 29.3 Å². The van der Waals surface area contributed by atoms with Crippen LogP contribution in [0, 0.1) is 10.8 Å². The molecule has 2 N–H and O–H groups in total. The summed E-state index contributed by atoms with van der Waals surface area (Å²) in [6, 6.07) is 0. The highest BCUT2D eigenvalue weighted by atomic mass is 15.1. The number of hydrogen-bond donors (Lipinski definition) is 1. The molecule has 0 bridgehead atoms. The minimum Gasteiger partial charge on any atom is -0.402 e. The van der Waals surface area contributed by atoms with Crippen molar-refractivity contribution in [1.29, 1.82) is 0 Å². The van der Waals surface area contributed by atoms with E-state index in [1.54, 1.807) is 0 Å². The van der Waals surface area contributed by atoms with Crippen molar-refractivity contribution in [3.63, 3.8) is 0 Å². The van der Waals surface area contributed by atoms with Crippen molar-refractivity contribution in [2.45, 2.75) is 41.5 Å². The second-order valence-electron chi connectivity index (χ2n) is 7.09. The molecule has 0 unspecified atom stereocenters. The number of likely N-dealkylation sites (N-methyl/N-ethyl adjacent to an activating group) is 1. The van der Waals surface area contributed by atoms with Gasteiger partial charge in [0.15, 0.2) is 0 Å². The SMILES string of the molecule is C=C(/C=C(\C=C(/N)C(C)(C)C)N(C)C)C(C)(C)C. The van der Waals surface area contributed by atoms with E-state index in [2.05, 4.69) is 59.1 Å². The predicted molar refractivity (Wildman–Crippen MR) is 82.1 cm³/mol. The monoisotopic (exact) mass is 250 g/mol. The van der Waals surface area contributed by atoms with Crippen molar-refractivity contribution in [2.24, 2.45) is 16.6 Å². The van der Waals surface area contributed by atoms with Crippen molar-refractivity contribution in [3.8, 4) is 0 Å². The largest absolute Gasteiger partial charge is 0.402 e. The van der Waals surface area contributed by atoms with Gasteiger partial charge in [-0.3, -0.25) is 0 Å². The molecule has 0 aromatic heterocycles. The average molecular weight is 250 g/mol. The number of rotatable bonds is 3. The van der Waals surface area contributed by atoms with Crippen molar-refractivity contribution < 1.29 is 0 Å². The standard InChI is InChI=1S/C16H30N2/c1-12(15(2,3)4)10-13(18(8)9)11-14(17)16(5,6)7/h10-11H,1,17H2,2-9H3/b13-10+,14-11-. The maximum Gasteiger partial charge on any atom is 0.0381 e. The Balaban J connectivity index is 5.38. The van der Waals surface area contributed by atoms with Crippen LogP contribution in [0.25, 0.3) is 0 Å². The molecular formula is C16H30N2. The normalized spacial score (nSPS) is 14.7. The fourth-order valence-corrected chi connectivity index (χ4v) is 1.07. The molecular weight excluding hydrogens is 220 g/mol. The first-order valence-corrected chi connectivity index (χ1v) is 6.41. The Morgan fingerprint density at radius 2 is 1.39 bits per heavy atom. The molecule has 0 aliphatic carbocycles. The molecule has 0 aliphatic rings. The molecule has 0 radical (unpaired) electrons. The van der Waals surface area contributed by atoms with Crippen LogP contribution in [0.4, 0.5) is 0 Å². The van der Waals surface area contributed by atoms with Crippen LogP contribution in [0.3, 0.4) is 0 Å². The van der Waals surface area contributed by atoms with Gasteiger partial charge in [-0.25, -0.2) is 0 Å². The number of allylic oxidation sites excluding steroid dienone is 4. The molecule has 0 saturated heterocycles. The molecule has 0 amide bonds. The van der Waals surface area contributed by atoms with Crippen LogP contribution in [-0.2, 0) is 0 Å². The van der Waals surface area contributed by atoms with Crippen LogP contribution >= 0.6 is 0 Å². The third-order valence-corrected chi connectivity index (χ3v) is 2.97. The highest BCUT2D eigenvalue weighted by Gasteiger charge is 2.16. The molecule has 0 aliphatic heterocycles. The summed E-state index contributed by atoms with van der Waals surface area (Å²) >= 11 is 0. The zero-order chi connectivity index (χ0) is 14.7. The van der Waals surface area contributed by atoms with E-state index in [0.29, 0.717) is 0 Å². The molecule has 0 atom stereocenters. The maximum atomic E-state index is 6.14. The van der Waals surface area contributed by atoms with Crippen LogP contribution in [0.15, 0.2) is 35.7 Å². The first-order valence-electron chi connectivity index (χ1n) is 6.41. The van der Waals surface area contributed by atoms with Gasteiger partial charge in [-0.1, -0.05) is 48.1 Å². The Labute approximate surface area is 113 Å². The molecule has 0 aromatic rings. The second kappa shape index (κ2) is 5.64. The fraction of sp³-hybridized carbons (Fsp3) is 0.625.